The maximum Gasteiger partial charge on any atom is 0.0897 e. The van der Waals surface area contributed by atoms with Crippen LogP contribution in [0.5, 0.6) is 0 Å². The standard InChI is InChI=1S/C21H35F.C3H8.C2H6/c1-4-6-17-15(12-14-22)7-9-19-18(17)11-13-21(3)16(5-2)8-10-20(19)21;1-3-2;1-2/h5,15,17-20H,4,6-14H2,1-3H3;3H2,1-2H3;1-2H3/b16-5-;;. The average molecular weight is 381 g/mol. The van der Waals surface area contributed by atoms with E-state index in [0.717, 1.165) is 30.1 Å². The largest absolute Gasteiger partial charge is 0.251 e. The van der Waals surface area contributed by atoms with E-state index in [0.29, 0.717) is 11.3 Å². The van der Waals surface area contributed by atoms with Crippen LogP contribution in [0.15, 0.2) is 11.6 Å². The van der Waals surface area contributed by atoms with Crippen molar-refractivity contribution < 1.29 is 4.39 Å². The lowest BCUT2D eigenvalue weighted by molar-refractivity contribution is -0.0327. The smallest absolute Gasteiger partial charge is 0.0897 e. The van der Waals surface area contributed by atoms with Crippen LogP contribution in [0.4, 0.5) is 4.39 Å². The highest BCUT2D eigenvalue weighted by atomic mass is 19.1. The van der Waals surface area contributed by atoms with E-state index in [-0.39, 0.29) is 6.67 Å². The van der Waals surface area contributed by atoms with Crippen molar-refractivity contribution in [3.63, 3.8) is 0 Å². The van der Waals surface area contributed by atoms with E-state index in [4.69, 9.17) is 0 Å². The van der Waals surface area contributed by atoms with Crippen LogP contribution in [0.1, 0.15) is 113 Å². The molecule has 160 valence electrons. The van der Waals surface area contributed by atoms with Crippen molar-refractivity contribution in [2.24, 2.45) is 35.0 Å². The molecule has 27 heavy (non-hydrogen) atoms. The molecule has 0 aromatic rings. The fourth-order valence-electron chi connectivity index (χ4n) is 6.84. The van der Waals surface area contributed by atoms with Crippen LogP contribution in [0.3, 0.4) is 0 Å². The fraction of sp³-hybridized carbons (Fsp3) is 0.923. The molecule has 1 heteroatoms. The lowest BCUT2D eigenvalue weighted by Gasteiger charge is -2.54. The summed E-state index contributed by atoms with van der Waals surface area (Å²) >= 11 is 0. The molecule has 3 fully saturated rings. The van der Waals surface area contributed by atoms with Gasteiger partial charge in [0.15, 0.2) is 0 Å². The van der Waals surface area contributed by atoms with Gasteiger partial charge in [0.25, 0.3) is 0 Å². The van der Waals surface area contributed by atoms with E-state index >= 15 is 0 Å². The number of halogens is 1. The molecule has 0 heterocycles. The molecule has 6 unspecified atom stereocenters. The van der Waals surface area contributed by atoms with Gasteiger partial charge in [-0.2, -0.15) is 0 Å². The van der Waals surface area contributed by atoms with Crippen LogP contribution in [-0.2, 0) is 0 Å². The summed E-state index contributed by atoms with van der Waals surface area (Å²) in [7, 11) is 0. The van der Waals surface area contributed by atoms with Crippen LogP contribution in [0, 0.1) is 35.0 Å². The van der Waals surface area contributed by atoms with Crippen molar-refractivity contribution in [3.8, 4) is 0 Å². The van der Waals surface area contributed by atoms with Gasteiger partial charge in [-0.1, -0.05) is 72.5 Å². The van der Waals surface area contributed by atoms with Crippen molar-refractivity contribution in [2.75, 3.05) is 6.67 Å². The van der Waals surface area contributed by atoms with Crippen molar-refractivity contribution in [3.05, 3.63) is 11.6 Å². The maximum absolute atomic E-state index is 13.0. The van der Waals surface area contributed by atoms with Gasteiger partial charge in [-0.3, -0.25) is 4.39 Å². The minimum absolute atomic E-state index is 0.105. The second-order valence-electron chi connectivity index (χ2n) is 9.22. The van der Waals surface area contributed by atoms with Gasteiger partial charge in [0.1, 0.15) is 0 Å². The van der Waals surface area contributed by atoms with Crippen LogP contribution >= 0.6 is 0 Å². The molecule has 0 aliphatic heterocycles. The number of allylic oxidation sites excluding steroid dienone is 2. The summed E-state index contributed by atoms with van der Waals surface area (Å²) in [5.41, 5.74) is 2.24. The maximum atomic E-state index is 13.0. The predicted molar refractivity (Wildman–Crippen MR) is 120 cm³/mol. The first-order valence-corrected chi connectivity index (χ1v) is 12.3. The SMILES string of the molecule is C/C=C1/CCC2C3CCC(CCF)C(CCC)C3CCC12C.CC.CCC. The third-order valence-electron chi connectivity index (χ3n) is 7.82. The van der Waals surface area contributed by atoms with Crippen LogP contribution in [0.25, 0.3) is 0 Å². The van der Waals surface area contributed by atoms with E-state index in [9.17, 15) is 4.39 Å². The molecule has 0 nitrogen and oxygen atoms in total. The summed E-state index contributed by atoms with van der Waals surface area (Å²) in [6.45, 7) is 15.3. The lowest BCUT2D eigenvalue weighted by atomic mass is 9.51. The summed E-state index contributed by atoms with van der Waals surface area (Å²) in [4.78, 5) is 0. The molecule has 0 spiro atoms. The highest BCUT2D eigenvalue weighted by molar-refractivity contribution is 5.22. The Labute approximate surface area is 170 Å². The van der Waals surface area contributed by atoms with Crippen LogP contribution < -0.4 is 0 Å². The van der Waals surface area contributed by atoms with Gasteiger partial charge in [-0.25, -0.2) is 0 Å². The van der Waals surface area contributed by atoms with E-state index in [1.807, 2.05) is 13.8 Å². The normalized spacial score (nSPS) is 38.8. The Morgan fingerprint density at radius 2 is 1.67 bits per heavy atom. The zero-order valence-corrected chi connectivity index (χ0v) is 19.6. The van der Waals surface area contributed by atoms with Gasteiger partial charge in [0.05, 0.1) is 6.67 Å². The van der Waals surface area contributed by atoms with Gasteiger partial charge in [0, 0.05) is 0 Å². The molecule has 0 saturated heterocycles. The van der Waals surface area contributed by atoms with Gasteiger partial charge < -0.3 is 0 Å². The third kappa shape index (κ3) is 5.39. The van der Waals surface area contributed by atoms with Crippen molar-refractivity contribution >= 4 is 0 Å². The second kappa shape index (κ2) is 12.3. The summed E-state index contributed by atoms with van der Waals surface area (Å²) < 4.78 is 13.0. The highest BCUT2D eigenvalue weighted by Crippen LogP contribution is 2.63. The molecular weight excluding hydrogens is 331 g/mol. The topological polar surface area (TPSA) is 0 Å². The fourth-order valence-corrected chi connectivity index (χ4v) is 6.84. The van der Waals surface area contributed by atoms with Crippen molar-refractivity contribution in [2.45, 2.75) is 113 Å². The molecule has 3 rings (SSSR count). The van der Waals surface area contributed by atoms with Gasteiger partial charge in [-0.15, -0.1) is 0 Å². The first-order chi connectivity index (χ1) is 13.1. The number of rotatable bonds is 4. The molecule has 3 saturated carbocycles. The summed E-state index contributed by atoms with van der Waals surface area (Å²) in [5, 5.41) is 0. The Kier molecular flexibility index (Phi) is 11.2. The molecule has 0 radical (unpaired) electrons. The van der Waals surface area contributed by atoms with Gasteiger partial charge in [0.2, 0.25) is 0 Å². The zero-order valence-electron chi connectivity index (χ0n) is 19.6. The minimum Gasteiger partial charge on any atom is -0.251 e. The van der Waals surface area contributed by atoms with Gasteiger partial charge >= 0.3 is 0 Å². The van der Waals surface area contributed by atoms with E-state index in [1.54, 1.807) is 5.57 Å². The van der Waals surface area contributed by atoms with E-state index in [1.165, 1.54) is 57.8 Å². The molecule has 0 amide bonds. The molecule has 6 atom stereocenters. The number of fused-ring (bicyclic) bond motifs is 3. The first-order valence-electron chi connectivity index (χ1n) is 12.3. The molecule has 3 aliphatic carbocycles. The summed E-state index contributed by atoms with van der Waals surface area (Å²) in [6, 6.07) is 0. The number of hydrogen-bond donors (Lipinski definition) is 0. The Hall–Kier alpha value is -0.330. The Bertz CT molecular complexity index is 426. The summed E-state index contributed by atoms with van der Waals surface area (Å²) in [6.07, 6.45) is 15.3. The van der Waals surface area contributed by atoms with Crippen LogP contribution in [-0.4, -0.2) is 6.67 Å². The second-order valence-corrected chi connectivity index (χ2v) is 9.22. The number of hydrogen-bond acceptors (Lipinski definition) is 0. The summed E-state index contributed by atoms with van der Waals surface area (Å²) in [5.74, 6) is 4.25. The Balaban J connectivity index is 0.000000665. The van der Waals surface area contributed by atoms with Crippen molar-refractivity contribution in [1.82, 2.24) is 0 Å². The zero-order chi connectivity index (χ0) is 20.4. The van der Waals surface area contributed by atoms with Crippen LogP contribution in [0.2, 0.25) is 0 Å². The number of alkyl halides is 1. The Morgan fingerprint density at radius 1 is 1.00 bits per heavy atom. The predicted octanol–water partition coefficient (Wildman–Crippen LogP) is 9.00. The average Bonchev–Trinajstić information content (AvgIpc) is 3.02. The molecular formula is C26H49F. The first kappa shape index (κ1) is 24.7. The monoisotopic (exact) mass is 380 g/mol. The Morgan fingerprint density at radius 3 is 2.22 bits per heavy atom. The molecule has 0 N–H and O–H groups in total. The highest BCUT2D eigenvalue weighted by Gasteiger charge is 2.54. The quantitative estimate of drug-likeness (QED) is 0.427. The lowest BCUT2D eigenvalue weighted by Crippen LogP contribution is -2.46. The van der Waals surface area contributed by atoms with Crippen molar-refractivity contribution in [1.29, 1.82) is 0 Å². The molecule has 0 aromatic heterocycles. The molecule has 0 bridgehead atoms. The molecule has 3 aliphatic rings. The minimum atomic E-state index is -0.105. The van der Waals surface area contributed by atoms with E-state index < -0.39 is 0 Å². The molecule has 0 aromatic carbocycles. The van der Waals surface area contributed by atoms with E-state index in [2.05, 4.69) is 40.7 Å². The van der Waals surface area contributed by atoms with Gasteiger partial charge in [-0.05, 0) is 86.9 Å². The third-order valence-corrected chi connectivity index (χ3v) is 7.82.